The number of alkyl halides is 1. The molecule has 1 aromatic rings. The highest BCUT2D eigenvalue weighted by Crippen LogP contribution is 2.35. The summed E-state index contributed by atoms with van der Waals surface area (Å²) in [5, 5.41) is -0.887. The van der Waals surface area contributed by atoms with E-state index >= 15 is 0 Å². The van der Waals surface area contributed by atoms with Gasteiger partial charge in [-0.1, -0.05) is 6.07 Å². The van der Waals surface area contributed by atoms with Crippen LogP contribution in [0.4, 0.5) is 4.39 Å². The Balaban J connectivity index is 2.36. The van der Waals surface area contributed by atoms with E-state index in [-0.39, 0.29) is 11.4 Å². The van der Waals surface area contributed by atoms with Gasteiger partial charge < -0.3 is 0 Å². The summed E-state index contributed by atoms with van der Waals surface area (Å²) in [7, 11) is -3.50. The van der Waals surface area contributed by atoms with Crippen molar-refractivity contribution in [3.63, 3.8) is 0 Å². The maximum Gasteiger partial charge on any atom is 0.201 e. The van der Waals surface area contributed by atoms with Crippen molar-refractivity contribution in [3.8, 4) is 0 Å². The number of sulfone groups is 1. The van der Waals surface area contributed by atoms with Crippen LogP contribution in [0.2, 0.25) is 0 Å². The zero-order valence-electron chi connectivity index (χ0n) is 6.72. The summed E-state index contributed by atoms with van der Waals surface area (Å²) >= 11 is 0. The second-order valence-electron chi connectivity index (χ2n) is 3.00. The smallest absolute Gasteiger partial charge is 0.201 e. The molecule has 0 bridgehead atoms. The molecule has 2 atom stereocenters. The van der Waals surface area contributed by atoms with Crippen molar-refractivity contribution < 1.29 is 12.8 Å². The van der Waals surface area contributed by atoms with Crippen LogP contribution in [0.5, 0.6) is 0 Å². The number of aromatic nitrogens is 1. The Morgan fingerprint density at radius 2 is 2.15 bits per heavy atom. The molecule has 13 heavy (non-hydrogen) atoms. The second-order valence-corrected chi connectivity index (χ2v) is 5.12. The normalized spacial score (nSPS) is 27.2. The molecule has 2 unspecified atom stereocenters. The highest BCUT2D eigenvalue weighted by atomic mass is 32.2. The van der Waals surface area contributed by atoms with Crippen LogP contribution in [0.3, 0.4) is 0 Å². The predicted molar refractivity (Wildman–Crippen MR) is 44.7 cm³/mol. The lowest BCUT2D eigenvalue weighted by Gasteiger charge is -1.99. The van der Waals surface area contributed by atoms with Crippen LogP contribution in [-0.2, 0) is 9.84 Å². The van der Waals surface area contributed by atoms with Crippen LogP contribution >= 0.6 is 0 Å². The average Bonchev–Trinajstić information content (AvgIpc) is 2.85. The number of hydrogen-bond donors (Lipinski definition) is 0. The Kier molecular flexibility index (Phi) is 1.83. The second kappa shape index (κ2) is 2.77. The van der Waals surface area contributed by atoms with E-state index in [1.807, 2.05) is 0 Å². The molecule has 1 saturated carbocycles. The first-order chi connectivity index (χ1) is 6.12. The van der Waals surface area contributed by atoms with Crippen LogP contribution in [0.25, 0.3) is 0 Å². The topological polar surface area (TPSA) is 47.0 Å². The molecule has 70 valence electrons. The van der Waals surface area contributed by atoms with E-state index < -0.39 is 21.3 Å². The molecule has 0 amide bonds. The third-order valence-electron chi connectivity index (χ3n) is 1.99. The minimum atomic E-state index is -3.50. The molecular weight excluding hydrogens is 193 g/mol. The van der Waals surface area contributed by atoms with Crippen molar-refractivity contribution in [1.29, 1.82) is 0 Å². The zero-order valence-corrected chi connectivity index (χ0v) is 7.54. The molecule has 0 aliphatic heterocycles. The van der Waals surface area contributed by atoms with Gasteiger partial charge in [0.15, 0.2) is 5.03 Å². The molecule has 0 spiro atoms. The summed E-state index contributed by atoms with van der Waals surface area (Å²) < 4.78 is 35.6. The molecule has 1 aromatic heterocycles. The molecule has 0 N–H and O–H groups in total. The summed E-state index contributed by atoms with van der Waals surface area (Å²) in [4.78, 5) is 3.69. The molecule has 1 heterocycles. The Labute approximate surface area is 75.5 Å². The fourth-order valence-corrected chi connectivity index (χ4v) is 2.75. The van der Waals surface area contributed by atoms with Crippen molar-refractivity contribution in [2.24, 2.45) is 0 Å². The van der Waals surface area contributed by atoms with Gasteiger partial charge in [0.1, 0.15) is 11.4 Å². The van der Waals surface area contributed by atoms with Crippen molar-refractivity contribution >= 4 is 9.84 Å². The quantitative estimate of drug-likeness (QED) is 0.716. The fraction of sp³-hybridized carbons (Fsp3) is 0.375. The highest BCUT2D eigenvalue weighted by Gasteiger charge is 2.49. The summed E-state index contributed by atoms with van der Waals surface area (Å²) in [5.41, 5.74) is 0. The van der Waals surface area contributed by atoms with Crippen LogP contribution in [0.1, 0.15) is 6.42 Å². The Hall–Kier alpha value is -0.970. The van der Waals surface area contributed by atoms with Crippen molar-refractivity contribution in [1.82, 2.24) is 4.98 Å². The summed E-state index contributed by atoms with van der Waals surface area (Å²) in [5.74, 6) is 0. The monoisotopic (exact) mass is 201 g/mol. The van der Waals surface area contributed by atoms with E-state index in [2.05, 4.69) is 4.98 Å². The van der Waals surface area contributed by atoms with E-state index in [1.54, 1.807) is 12.1 Å². The lowest BCUT2D eigenvalue weighted by molar-refractivity contribution is 0.476. The highest BCUT2D eigenvalue weighted by molar-refractivity contribution is 7.92. The molecular formula is C8H8FNO2S. The van der Waals surface area contributed by atoms with E-state index in [1.165, 1.54) is 12.3 Å². The van der Waals surface area contributed by atoms with Gasteiger partial charge in [-0.05, 0) is 18.6 Å². The third-order valence-corrected chi connectivity index (χ3v) is 4.10. The van der Waals surface area contributed by atoms with Gasteiger partial charge >= 0.3 is 0 Å². The number of hydrogen-bond acceptors (Lipinski definition) is 3. The Morgan fingerprint density at radius 1 is 1.46 bits per heavy atom. The number of nitrogens with zero attached hydrogens (tertiary/aromatic N) is 1. The Bertz CT molecular complexity index is 403. The summed E-state index contributed by atoms with van der Waals surface area (Å²) in [6.45, 7) is 0. The lowest BCUT2D eigenvalue weighted by atomic mass is 10.5. The lowest BCUT2D eigenvalue weighted by Crippen LogP contribution is -2.11. The summed E-state index contributed by atoms with van der Waals surface area (Å²) in [6.07, 6.45) is 0.300. The Morgan fingerprint density at radius 3 is 2.62 bits per heavy atom. The van der Waals surface area contributed by atoms with E-state index in [0.29, 0.717) is 0 Å². The fourth-order valence-electron chi connectivity index (χ4n) is 1.13. The molecule has 0 saturated heterocycles. The first-order valence-corrected chi connectivity index (χ1v) is 5.46. The van der Waals surface area contributed by atoms with Crippen LogP contribution in [0.15, 0.2) is 29.4 Å². The maximum absolute atomic E-state index is 12.5. The van der Waals surface area contributed by atoms with Crippen LogP contribution in [-0.4, -0.2) is 24.8 Å². The van der Waals surface area contributed by atoms with E-state index in [4.69, 9.17) is 0 Å². The molecule has 1 fully saturated rings. The molecule has 1 aliphatic carbocycles. The van der Waals surface area contributed by atoms with Crippen LogP contribution in [0, 0.1) is 0 Å². The van der Waals surface area contributed by atoms with Gasteiger partial charge in [-0.25, -0.2) is 17.8 Å². The third kappa shape index (κ3) is 1.44. The van der Waals surface area contributed by atoms with Crippen LogP contribution < -0.4 is 0 Å². The van der Waals surface area contributed by atoms with Gasteiger partial charge in [0.2, 0.25) is 9.84 Å². The predicted octanol–water partition coefficient (Wildman–Crippen LogP) is 0.966. The molecule has 0 radical (unpaired) electrons. The molecule has 0 aromatic carbocycles. The SMILES string of the molecule is O=S(=O)(c1ccccn1)C1CC1F. The molecule has 5 heteroatoms. The number of halogens is 1. The number of rotatable bonds is 2. The van der Waals surface area contributed by atoms with Gasteiger partial charge in [0.25, 0.3) is 0 Å². The molecule has 3 nitrogen and oxygen atoms in total. The first-order valence-electron chi connectivity index (χ1n) is 3.91. The van der Waals surface area contributed by atoms with Gasteiger partial charge in [-0.3, -0.25) is 0 Å². The standard InChI is InChI=1S/C8H8FNO2S/c9-6-5-7(6)13(11,12)8-3-1-2-4-10-8/h1-4,6-7H,5H2. The van der Waals surface area contributed by atoms with Crippen molar-refractivity contribution in [3.05, 3.63) is 24.4 Å². The minimum absolute atomic E-state index is 0.0276. The largest absolute Gasteiger partial charge is 0.246 e. The van der Waals surface area contributed by atoms with Crippen molar-refractivity contribution in [2.45, 2.75) is 22.9 Å². The maximum atomic E-state index is 12.5. The van der Waals surface area contributed by atoms with Gasteiger partial charge in [-0.15, -0.1) is 0 Å². The summed E-state index contributed by atoms with van der Waals surface area (Å²) in [6, 6.07) is 4.59. The zero-order chi connectivity index (χ0) is 9.47. The minimum Gasteiger partial charge on any atom is -0.246 e. The van der Waals surface area contributed by atoms with E-state index in [9.17, 15) is 12.8 Å². The number of pyridine rings is 1. The molecule has 1 aliphatic rings. The van der Waals surface area contributed by atoms with E-state index in [0.717, 1.165) is 0 Å². The average molecular weight is 201 g/mol. The first kappa shape index (κ1) is 8.62. The van der Waals surface area contributed by atoms with Gasteiger partial charge in [0.05, 0.1) is 0 Å². The van der Waals surface area contributed by atoms with Gasteiger partial charge in [0, 0.05) is 6.20 Å². The molecule has 2 rings (SSSR count). The van der Waals surface area contributed by atoms with Gasteiger partial charge in [-0.2, -0.15) is 0 Å². The van der Waals surface area contributed by atoms with Crippen molar-refractivity contribution in [2.75, 3.05) is 0 Å².